The zero-order valence-corrected chi connectivity index (χ0v) is 31.7. The number of ether oxygens (including phenoxy) is 2. The van der Waals surface area contributed by atoms with Gasteiger partial charge in [-0.1, -0.05) is 48.5 Å². The zero-order valence-electron chi connectivity index (χ0n) is 31.7. The summed E-state index contributed by atoms with van der Waals surface area (Å²) in [5.41, 5.74) is 5.69. The number of phenols is 1. The molecular formula is C45H50N4O6. The van der Waals surface area contributed by atoms with Gasteiger partial charge in [-0.2, -0.15) is 0 Å². The number of phenolic OH excluding ortho intramolecular Hbond substituents is 1. The minimum absolute atomic E-state index is 0.0505. The highest BCUT2D eigenvalue weighted by molar-refractivity contribution is 6.05. The lowest BCUT2D eigenvalue weighted by molar-refractivity contribution is -0.136. The van der Waals surface area contributed by atoms with Gasteiger partial charge in [0.2, 0.25) is 11.8 Å². The molecule has 2 saturated heterocycles. The van der Waals surface area contributed by atoms with Gasteiger partial charge in [0, 0.05) is 73.9 Å². The van der Waals surface area contributed by atoms with E-state index < -0.39 is 11.6 Å². The molecule has 0 radical (unpaired) electrons. The van der Waals surface area contributed by atoms with Crippen molar-refractivity contribution in [3.8, 4) is 17.2 Å². The monoisotopic (exact) mass is 742 g/mol. The molecule has 4 aromatic carbocycles. The molecule has 0 spiro atoms. The van der Waals surface area contributed by atoms with E-state index in [0.717, 1.165) is 80.3 Å². The molecule has 4 aliphatic heterocycles. The van der Waals surface area contributed by atoms with Crippen molar-refractivity contribution in [2.45, 2.75) is 76.0 Å². The number of nitrogens with zero attached hydrogens (tertiary/aromatic N) is 3. The van der Waals surface area contributed by atoms with Crippen molar-refractivity contribution >= 4 is 23.4 Å². The Morgan fingerprint density at radius 3 is 2.40 bits per heavy atom. The SMILES string of the molecule is CC1(C)Oc2cc(O)ccc2C(c2ccc(OCCCCCN3CCN(c4ccc5c(c4)CN(C4CCC(=O)NC4=O)C5=O)CC3)cc2)C1c1ccccc1. The molecule has 3 atom stereocenters. The lowest BCUT2D eigenvalue weighted by Gasteiger charge is -2.45. The Balaban J connectivity index is 0.791. The van der Waals surface area contributed by atoms with Crippen molar-refractivity contribution in [1.29, 1.82) is 0 Å². The molecule has 55 heavy (non-hydrogen) atoms. The summed E-state index contributed by atoms with van der Waals surface area (Å²) < 4.78 is 12.7. The van der Waals surface area contributed by atoms with Gasteiger partial charge in [0.05, 0.1) is 6.61 Å². The molecule has 4 heterocycles. The molecule has 4 aromatic rings. The van der Waals surface area contributed by atoms with Crippen molar-refractivity contribution in [2.75, 3.05) is 44.2 Å². The molecule has 0 saturated carbocycles. The lowest BCUT2D eigenvalue weighted by atomic mass is 9.68. The van der Waals surface area contributed by atoms with Crippen LogP contribution in [0.1, 0.15) is 90.4 Å². The number of piperazine rings is 1. The number of benzene rings is 4. The van der Waals surface area contributed by atoms with Gasteiger partial charge < -0.3 is 24.4 Å². The number of hydrogen-bond donors (Lipinski definition) is 2. The summed E-state index contributed by atoms with van der Waals surface area (Å²) in [6, 6.07) is 29.9. The number of fused-ring (bicyclic) bond motifs is 2. The van der Waals surface area contributed by atoms with Gasteiger partial charge in [0.15, 0.2) is 0 Å². The van der Waals surface area contributed by atoms with Crippen molar-refractivity contribution in [3.05, 3.63) is 119 Å². The van der Waals surface area contributed by atoms with E-state index in [4.69, 9.17) is 9.47 Å². The predicted molar refractivity (Wildman–Crippen MR) is 211 cm³/mol. The Hall–Kier alpha value is -5.35. The molecule has 4 aliphatic rings. The fourth-order valence-corrected chi connectivity index (χ4v) is 8.99. The molecule has 10 heteroatoms. The number of carbonyl (C=O) groups excluding carboxylic acids is 3. The third-order valence-corrected chi connectivity index (χ3v) is 11.8. The summed E-state index contributed by atoms with van der Waals surface area (Å²) in [5, 5.41) is 12.6. The summed E-state index contributed by atoms with van der Waals surface area (Å²) in [6.45, 7) is 10.2. The van der Waals surface area contributed by atoms with Gasteiger partial charge in [0.25, 0.3) is 5.91 Å². The highest BCUT2D eigenvalue weighted by Gasteiger charge is 2.45. The van der Waals surface area contributed by atoms with E-state index in [0.29, 0.717) is 25.1 Å². The maximum absolute atomic E-state index is 13.1. The van der Waals surface area contributed by atoms with Gasteiger partial charge in [-0.3, -0.25) is 24.6 Å². The van der Waals surface area contributed by atoms with E-state index in [9.17, 15) is 19.5 Å². The molecule has 3 amide bonds. The van der Waals surface area contributed by atoms with Crippen LogP contribution in [0.25, 0.3) is 0 Å². The summed E-state index contributed by atoms with van der Waals surface area (Å²) in [6.07, 6.45) is 3.84. The number of piperidine rings is 1. The number of anilines is 1. The number of aromatic hydroxyl groups is 1. The Morgan fingerprint density at radius 2 is 1.64 bits per heavy atom. The quantitative estimate of drug-likeness (QED) is 0.131. The maximum atomic E-state index is 13.1. The number of amides is 3. The number of unbranched alkanes of at least 4 members (excludes halogenated alkanes) is 2. The average molecular weight is 743 g/mol. The van der Waals surface area contributed by atoms with Crippen LogP contribution >= 0.6 is 0 Å². The van der Waals surface area contributed by atoms with Gasteiger partial charge in [-0.25, -0.2) is 0 Å². The van der Waals surface area contributed by atoms with Crippen molar-refractivity contribution in [1.82, 2.24) is 15.1 Å². The second-order valence-corrected chi connectivity index (χ2v) is 15.8. The van der Waals surface area contributed by atoms with Crippen LogP contribution in [0.15, 0.2) is 91.0 Å². The van der Waals surface area contributed by atoms with Crippen LogP contribution < -0.4 is 19.7 Å². The lowest BCUT2D eigenvalue weighted by Crippen LogP contribution is -2.52. The number of carbonyl (C=O) groups is 3. The number of imide groups is 1. The first-order chi connectivity index (χ1) is 26.6. The zero-order chi connectivity index (χ0) is 38.1. The van der Waals surface area contributed by atoms with Crippen LogP contribution in [0.5, 0.6) is 17.2 Å². The van der Waals surface area contributed by atoms with E-state index in [1.165, 1.54) is 11.1 Å². The highest BCUT2D eigenvalue weighted by atomic mass is 16.5. The summed E-state index contributed by atoms with van der Waals surface area (Å²) in [5.74, 6) is 1.13. The maximum Gasteiger partial charge on any atom is 0.255 e. The first-order valence-corrected chi connectivity index (χ1v) is 19.7. The normalized spacial score (nSPS) is 22.1. The molecule has 0 aromatic heterocycles. The van der Waals surface area contributed by atoms with Gasteiger partial charge in [-0.05, 0) is 99.2 Å². The molecular weight excluding hydrogens is 693 g/mol. The van der Waals surface area contributed by atoms with Crippen molar-refractivity contribution in [3.63, 3.8) is 0 Å². The number of nitrogens with one attached hydrogen (secondary N) is 1. The largest absolute Gasteiger partial charge is 0.508 e. The Kier molecular flexibility index (Phi) is 10.3. The smallest absolute Gasteiger partial charge is 0.255 e. The fourth-order valence-electron chi connectivity index (χ4n) is 8.99. The molecule has 3 unspecified atom stereocenters. The summed E-state index contributed by atoms with van der Waals surface area (Å²) in [7, 11) is 0. The molecule has 0 aliphatic carbocycles. The Labute approximate surface area is 323 Å². The van der Waals surface area contributed by atoms with Gasteiger partial charge in [0.1, 0.15) is 28.9 Å². The topological polar surface area (TPSA) is 112 Å². The van der Waals surface area contributed by atoms with Gasteiger partial charge >= 0.3 is 0 Å². The van der Waals surface area contributed by atoms with Crippen LogP contribution in [0.3, 0.4) is 0 Å². The van der Waals surface area contributed by atoms with Gasteiger partial charge in [-0.15, -0.1) is 0 Å². The van der Waals surface area contributed by atoms with E-state index in [-0.39, 0.29) is 41.7 Å². The molecule has 0 bridgehead atoms. The number of hydrogen-bond acceptors (Lipinski definition) is 8. The standard InChI is InChI=1S/C45H50N4O6/c1-45(2)42(31-9-5-3-6-10-31)41(37-18-14-34(50)28-39(37)55-45)30-11-15-35(16-12-30)54-26-8-4-7-21-47-22-24-48(25-23-47)33-13-17-36-32(27-33)29-49(44(36)53)38-19-20-40(51)46-43(38)52/h3,5-6,9-18,27-28,38,41-42,50H,4,7-8,19-26,29H2,1-2H3,(H,46,51,52). The van der Waals surface area contributed by atoms with E-state index in [2.05, 4.69) is 83.6 Å². The Morgan fingerprint density at radius 1 is 0.855 bits per heavy atom. The second kappa shape index (κ2) is 15.4. The van der Waals surface area contributed by atoms with Crippen LogP contribution in [-0.4, -0.2) is 83.6 Å². The first kappa shape index (κ1) is 36.6. The van der Waals surface area contributed by atoms with Crippen LogP contribution in [-0.2, 0) is 16.1 Å². The second-order valence-electron chi connectivity index (χ2n) is 15.8. The molecule has 8 rings (SSSR count). The highest BCUT2D eigenvalue weighted by Crippen LogP contribution is 2.53. The van der Waals surface area contributed by atoms with E-state index in [1.54, 1.807) is 17.0 Å². The first-order valence-electron chi connectivity index (χ1n) is 19.7. The molecule has 2 N–H and O–H groups in total. The Bertz CT molecular complexity index is 2040. The summed E-state index contributed by atoms with van der Waals surface area (Å²) >= 11 is 0. The molecule has 2 fully saturated rings. The van der Waals surface area contributed by atoms with E-state index in [1.807, 2.05) is 24.3 Å². The third kappa shape index (κ3) is 7.65. The van der Waals surface area contributed by atoms with Crippen LogP contribution in [0.4, 0.5) is 5.69 Å². The van der Waals surface area contributed by atoms with Crippen molar-refractivity contribution < 1.29 is 29.0 Å². The predicted octanol–water partition coefficient (Wildman–Crippen LogP) is 6.61. The van der Waals surface area contributed by atoms with Crippen LogP contribution in [0, 0.1) is 0 Å². The summed E-state index contributed by atoms with van der Waals surface area (Å²) in [4.78, 5) is 43.6. The molecule has 286 valence electrons. The van der Waals surface area contributed by atoms with E-state index >= 15 is 0 Å². The third-order valence-electron chi connectivity index (χ3n) is 11.8. The molecule has 10 nitrogen and oxygen atoms in total. The number of rotatable bonds is 11. The van der Waals surface area contributed by atoms with Crippen molar-refractivity contribution in [2.24, 2.45) is 0 Å². The minimum Gasteiger partial charge on any atom is -0.508 e. The van der Waals surface area contributed by atoms with Crippen LogP contribution in [0.2, 0.25) is 0 Å². The minimum atomic E-state index is -0.593. The fraction of sp³-hybridized carbons (Fsp3) is 0.400. The average Bonchev–Trinajstić information content (AvgIpc) is 3.50.